The summed E-state index contributed by atoms with van der Waals surface area (Å²) in [5.41, 5.74) is 3.80. The maximum Gasteiger partial charge on any atom is 0.119 e. The molecule has 0 fully saturated rings. The molecule has 2 rings (SSSR count). The molecule has 0 saturated carbocycles. The Morgan fingerprint density at radius 2 is 1.55 bits per heavy atom. The molecule has 20 heavy (non-hydrogen) atoms. The average Bonchev–Trinajstić information content (AvgIpc) is 2.41. The van der Waals surface area contributed by atoms with Crippen LogP contribution in [0.3, 0.4) is 0 Å². The van der Waals surface area contributed by atoms with Crippen LogP contribution >= 0.6 is 0 Å². The molecule has 0 aliphatic rings. The van der Waals surface area contributed by atoms with Crippen LogP contribution in [0.4, 0.5) is 0 Å². The van der Waals surface area contributed by atoms with E-state index in [0.717, 1.165) is 12.0 Å². The predicted octanol–water partition coefficient (Wildman–Crippen LogP) is 5.23. The maximum absolute atomic E-state index is 10.1. The minimum atomic E-state index is 0.176. The van der Waals surface area contributed by atoms with Gasteiger partial charge in [0.2, 0.25) is 0 Å². The molecule has 0 heterocycles. The first-order chi connectivity index (χ1) is 9.43. The lowest BCUT2D eigenvalue weighted by Crippen LogP contribution is -2.11. The summed E-state index contributed by atoms with van der Waals surface area (Å²) in [6, 6.07) is 16.4. The standard InChI is InChI=1S/C19H24O/c1-5-16(17-8-6-7-9-18(17)20)14-10-12-15(13-11-14)19(2,3)4/h6-13,16,20H,5H2,1-4H3. The third-order valence-corrected chi connectivity index (χ3v) is 3.90. The summed E-state index contributed by atoms with van der Waals surface area (Å²) in [6.45, 7) is 8.84. The number of para-hydroxylation sites is 1. The van der Waals surface area contributed by atoms with Crippen LogP contribution in [-0.2, 0) is 5.41 Å². The fourth-order valence-corrected chi connectivity index (χ4v) is 2.63. The van der Waals surface area contributed by atoms with Crippen molar-refractivity contribution in [3.8, 4) is 5.75 Å². The van der Waals surface area contributed by atoms with Crippen LogP contribution in [0.5, 0.6) is 5.75 Å². The lowest BCUT2D eigenvalue weighted by molar-refractivity contribution is 0.464. The summed E-state index contributed by atoms with van der Waals surface area (Å²) >= 11 is 0. The first-order valence-electron chi connectivity index (χ1n) is 7.32. The number of hydrogen-bond acceptors (Lipinski definition) is 1. The van der Waals surface area contributed by atoms with Crippen LogP contribution in [0.1, 0.15) is 56.7 Å². The molecule has 1 nitrogen and oxygen atoms in total. The smallest absolute Gasteiger partial charge is 0.119 e. The van der Waals surface area contributed by atoms with E-state index >= 15 is 0 Å². The van der Waals surface area contributed by atoms with Crippen molar-refractivity contribution in [3.63, 3.8) is 0 Å². The summed E-state index contributed by atoms with van der Waals surface area (Å²) in [4.78, 5) is 0. The number of phenols is 1. The molecule has 1 unspecified atom stereocenters. The second-order valence-electron chi connectivity index (χ2n) is 6.39. The molecule has 0 bridgehead atoms. The first-order valence-corrected chi connectivity index (χ1v) is 7.32. The molecular formula is C19H24O. The number of aromatic hydroxyl groups is 1. The van der Waals surface area contributed by atoms with Gasteiger partial charge in [-0.25, -0.2) is 0 Å². The lowest BCUT2D eigenvalue weighted by atomic mass is 9.83. The molecule has 0 radical (unpaired) electrons. The van der Waals surface area contributed by atoms with Crippen molar-refractivity contribution in [2.75, 3.05) is 0 Å². The monoisotopic (exact) mass is 268 g/mol. The SMILES string of the molecule is CCC(c1ccc(C(C)(C)C)cc1)c1ccccc1O. The summed E-state index contributed by atoms with van der Waals surface area (Å²) in [7, 11) is 0. The Morgan fingerprint density at radius 3 is 2.05 bits per heavy atom. The van der Waals surface area contributed by atoms with E-state index in [0.29, 0.717) is 5.75 Å². The van der Waals surface area contributed by atoms with Gasteiger partial charge in [-0.2, -0.15) is 0 Å². The van der Waals surface area contributed by atoms with Crippen molar-refractivity contribution >= 4 is 0 Å². The number of benzene rings is 2. The van der Waals surface area contributed by atoms with Gasteiger partial charge < -0.3 is 5.11 Å². The fourth-order valence-electron chi connectivity index (χ4n) is 2.63. The Morgan fingerprint density at radius 1 is 0.950 bits per heavy atom. The van der Waals surface area contributed by atoms with Gasteiger partial charge in [-0.3, -0.25) is 0 Å². The Labute approximate surface area is 122 Å². The Bertz CT molecular complexity index is 561. The van der Waals surface area contributed by atoms with Gasteiger partial charge in [-0.15, -0.1) is 0 Å². The van der Waals surface area contributed by atoms with E-state index in [4.69, 9.17) is 0 Å². The quantitative estimate of drug-likeness (QED) is 0.808. The van der Waals surface area contributed by atoms with Crippen molar-refractivity contribution in [3.05, 3.63) is 65.2 Å². The zero-order valence-electron chi connectivity index (χ0n) is 12.9. The van der Waals surface area contributed by atoms with Crippen molar-refractivity contribution in [2.45, 2.75) is 45.4 Å². The minimum absolute atomic E-state index is 0.176. The van der Waals surface area contributed by atoms with Gasteiger partial charge in [-0.1, -0.05) is 70.2 Å². The molecule has 1 atom stereocenters. The number of rotatable bonds is 3. The summed E-state index contributed by atoms with van der Waals surface area (Å²) in [6.07, 6.45) is 0.979. The molecule has 106 valence electrons. The van der Waals surface area contributed by atoms with Gasteiger partial charge in [0.15, 0.2) is 0 Å². The third-order valence-electron chi connectivity index (χ3n) is 3.90. The van der Waals surface area contributed by atoms with Crippen LogP contribution in [-0.4, -0.2) is 5.11 Å². The first kappa shape index (κ1) is 14.6. The van der Waals surface area contributed by atoms with Gasteiger partial charge in [0.05, 0.1) is 0 Å². The van der Waals surface area contributed by atoms with E-state index in [1.165, 1.54) is 11.1 Å². The van der Waals surface area contributed by atoms with Crippen molar-refractivity contribution < 1.29 is 5.11 Å². The van der Waals surface area contributed by atoms with E-state index in [1.807, 2.05) is 18.2 Å². The molecule has 0 amide bonds. The number of hydrogen-bond donors (Lipinski definition) is 1. The minimum Gasteiger partial charge on any atom is -0.508 e. The van der Waals surface area contributed by atoms with Gasteiger partial charge in [0.25, 0.3) is 0 Å². The van der Waals surface area contributed by atoms with Crippen LogP contribution < -0.4 is 0 Å². The molecule has 2 aromatic carbocycles. The molecule has 1 heteroatoms. The van der Waals surface area contributed by atoms with Gasteiger partial charge in [0, 0.05) is 11.5 Å². The van der Waals surface area contributed by atoms with Crippen LogP contribution in [0.15, 0.2) is 48.5 Å². The fraction of sp³-hybridized carbons (Fsp3) is 0.368. The molecule has 0 aromatic heterocycles. The van der Waals surface area contributed by atoms with E-state index < -0.39 is 0 Å². The molecule has 0 saturated heterocycles. The largest absolute Gasteiger partial charge is 0.508 e. The van der Waals surface area contributed by atoms with Crippen molar-refractivity contribution in [1.29, 1.82) is 0 Å². The Balaban J connectivity index is 2.36. The third kappa shape index (κ3) is 3.04. The van der Waals surface area contributed by atoms with Gasteiger partial charge in [0.1, 0.15) is 5.75 Å². The summed E-state index contributed by atoms with van der Waals surface area (Å²) < 4.78 is 0. The van der Waals surface area contributed by atoms with Crippen molar-refractivity contribution in [2.24, 2.45) is 0 Å². The lowest BCUT2D eigenvalue weighted by Gasteiger charge is -2.21. The topological polar surface area (TPSA) is 20.2 Å². The van der Waals surface area contributed by atoms with Crippen molar-refractivity contribution in [1.82, 2.24) is 0 Å². The van der Waals surface area contributed by atoms with Gasteiger partial charge >= 0.3 is 0 Å². The highest BCUT2D eigenvalue weighted by Gasteiger charge is 2.17. The zero-order chi connectivity index (χ0) is 14.8. The molecular weight excluding hydrogens is 244 g/mol. The molecule has 0 aliphatic heterocycles. The zero-order valence-corrected chi connectivity index (χ0v) is 12.9. The van der Waals surface area contributed by atoms with E-state index in [9.17, 15) is 5.11 Å². The molecule has 0 aliphatic carbocycles. The highest BCUT2D eigenvalue weighted by Crippen LogP contribution is 2.34. The van der Waals surface area contributed by atoms with Crippen LogP contribution in [0.2, 0.25) is 0 Å². The van der Waals surface area contributed by atoms with E-state index in [1.54, 1.807) is 6.07 Å². The second kappa shape index (κ2) is 5.70. The second-order valence-corrected chi connectivity index (χ2v) is 6.39. The highest BCUT2D eigenvalue weighted by atomic mass is 16.3. The Kier molecular flexibility index (Phi) is 4.17. The van der Waals surface area contributed by atoms with Gasteiger partial charge in [-0.05, 0) is 29.0 Å². The summed E-state index contributed by atoms with van der Waals surface area (Å²) in [5, 5.41) is 10.1. The normalized spacial score (nSPS) is 13.2. The Hall–Kier alpha value is -1.76. The van der Waals surface area contributed by atoms with E-state index in [-0.39, 0.29) is 11.3 Å². The van der Waals surface area contributed by atoms with E-state index in [2.05, 4.69) is 52.0 Å². The molecule has 0 spiro atoms. The maximum atomic E-state index is 10.1. The highest BCUT2D eigenvalue weighted by molar-refractivity contribution is 5.42. The summed E-state index contributed by atoms with van der Waals surface area (Å²) in [5.74, 6) is 0.643. The molecule has 1 N–H and O–H groups in total. The van der Waals surface area contributed by atoms with Crippen LogP contribution in [0, 0.1) is 0 Å². The number of phenolic OH excluding ortho intramolecular Hbond substituents is 1. The van der Waals surface area contributed by atoms with Crippen LogP contribution in [0.25, 0.3) is 0 Å². The molecule has 2 aromatic rings. The average molecular weight is 268 g/mol. The predicted molar refractivity (Wildman–Crippen MR) is 85.4 cm³/mol.